The van der Waals surface area contributed by atoms with E-state index in [-0.39, 0.29) is 18.2 Å². The molecule has 2 aromatic carbocycles. The van der Waals surface area contributed by atoms with Gasteiger partial charge in [-0.05, 0) is 23.1 Å². The van der Waals surface area contributed by atoms with Crippen LogP contribution < -0.4 is 5.32 Å². The normalized spacial score (nSPS) is 26.3. The third-order valence-electron chi connectivity index (χ3n) is 4.84. The van der Waals surface area contributed by atoms with Crippen LogP contribution >= 0.6 is 0 Å². The van der Waals surface area contributed by atoms with Crippen molar-refractivity contribution in [1.29, 1.82) is 0 Å². The highest BCUT2D eigenvalue weighted by atomic mass is 16.6. The van der Waals surface area contributed by atoms with Crippen LogP contribution in [0.25, 0.3) is 0 Å². The summed E-state index contributed by atoms with van der Waals surface area (Å²) in [6.07, 6.45) is 0.0185. The molecule has 3 unspecified atom stereocenters. The average Bonchev–Trinajstić information content (AvgIpc) is 2.61. The van der Waals surface area contributed by atoms with E-state index in [4.69, 9.17) is 9.47 Å². The highest BCUT2D eigenvalue weighted by Gasteiger charge is 2.41. The molecule has 120 valence electrons. The molecule has 0 aromatic heterocycles. The maximum Gasteiger partial charge on any atom is 0.113 e. The van der Waals surface area contributed by atoms with Crippen LogP contribution in [0.5, 0.6) is 0 Å². The molecule has 4 rings (SSSR count). The molecule has 0 spiro atoms. The van der Waals surface area contributed by atoms with Gasteiger partial charge >= 0.3 is 0 Å². The lowest BCUT2D eigenvalue weighted by atomic mass is 9.86. The first-order chi connectivity index (χ1) is 11.2. The standard InChI is InChI=1S/C20H23NO2/c1-13(2)15-8-9-17-16(12-15)19-20(23-11-10-22-19)18(21-17)14-6-4-3-5-7-14/h3-9,12-13,18-21H,10-11H2,1-2H3. The van der Waals surface area contributed by atoms with E-state index in [9.17, 15) is 0 Å². The minimum absolute atomic E-state index is 0.00362. The minimum atomic E-state index is 0.00362. The van der Waals surface area contributed by atoms with Crippen LogP contribution in [0.2, 0.25) is 0 Å². The number of hydrogen-bond acceptors (Lipinski definition) is 3. The van der Waals surface area contributed by atoms with Gasteiger partial charge in [-0.3, -0.25) is 0 Å². The predicted molar refractivity (Wildman–Crippen MR) is 91.8 cm³/mol. The van der Waals surface area contributed by atoms with Gasteiger partial charge in [-0.15, -0.1) is 0 Å². The Morgan fingerprint density at radius 2 is 1.78 bits per heavy atom. The molecule has 2 aromatic rings. The van der Waals surface area contributed by atoms with Gasteiger partial charge < -0.3 is 14.8 Å². The van der Waals surface area contributed by atoms with Crippen LogP contribution in [0.3, 0.4) is 0 Å². The predicted octanol–water partition coefficient (Wildman–Crippen LogP) is 4.43. The van der Waals surface area contributed by atoms with Crippen LogP contribution in [0, 0.1) is 0 Å². The number of benzene rings is 2. The Balaban J connectivity index is 1.77. The smallest absolute Gasteiger partial charge is 0.113 e. The van der Waals surface area contributed by atoms with Crippen LogP contribution in [0.15, 0.2) is 48.5 Å². The second-order valence-electron chi connectivity index (χ2n) is 6.66. The van der Waals surface area contributed by atoms with Gasteiger partial charge in [0.2, 0.25) is 0 Å². The molecule has 0 radical (unpaired) electrons. The molecule has 0 bridgehead atoms. The van der Waals surface area contributed by atoms with Crippen LogP contribution in [0.4, 0.5) is 5.69 Å². The highest BCUT2D eigenvalue weighted by Crippen LogP contribution is 2.44. The maximum atomic E-state index is 6.13. The molecular formula is C20H23NO2. The molecule has 3 nitrogen and oxygen atoms in total. The molecule has 2 heterocycles. The van der Waals surface area contributed by atoms with Gasteiger partial charge in [0.15, 0.2) is 0 Å². The zero-order valence-electron chi connectivity index (χ0n) is 13.7. The summed E-state index contributed by atoms with van der Waals surface area (Å²) in [7, 11) is 0. The Labute approximate surface area is 137 Å². The number of hydrogen-bond donors (Lipinski definition) is 1. The van der Waals surface area contributed by atoms with Crippen molar-refractivity contribution in [2.45, 2.75) is 38.0 Å². The van der Waals surface area contributed by atoms with Crippen molar-refractivity contribution >= 4 is 5.69 Å². The second kappa shape index (κ2) is 5.99. The molecule has 2 aliphatic rings. The summed E-state index contributed by atoms with van der Waals surface area (Å²) in [4.78, 5) is 0. The number of nitrogens with one attached hydrogen (secondary N) is 1. The summed E-state index contributed by atoms with van der Waals surface area (Å²) in [6, 6.07) is 17.3. The Hall–Kier alpha value is -1.84. The first kappa shape index (κ1) is 14.7. The maximum absolute atomic E-state index is 6.13. The largest absolute Gasteiger partial charge is 0.375 e. The minimum Gasteiger partial charge on any atom is -0.375 e. The van der Waals surface area contributed by atoms with Gasteiger partial charge in [-0.1, -0.05) is 56.3 Å². The molecule has 0 saturated carbocycles. The van der Waals surface area contributed by atoms with Gasteiger partial charge in [0.05, 0.1) is 19.3 Å². The first-order valence-electron chi connectivity index (χ1n) is 8.42. The third kappa shape index (κ3) is 2.64. The van der Waals surface area contributed by atoms with E-state index in [1.165, 1.54) is 16.7 Å². The molecule has 1 fully saturated rings. The van der Waals surface area contributed by atoms with E-state index in [0.717, 1.165) is 5.69 Å². The van der Waals surface area contributed by atoms with Crippen molar-refractivity contribution in [2.24, 2.45) is 0 Å². The van der Waals surface area contributed by atoms with Gasteiger partial charge in [0.25, 0.3) is 0 Å². The van der Waals surface area contributed by atoms with Crippen LogP contribution in [-0.4, -0.2) is 19.3 Å². The van der Waals surface area contributed by atoms with Crippen molar-refractivity contribution in [2.75, 3.05) is 18.5 Å². The summed E-state index contributed by atoms with van der Waals surface area (Å²) in [5, 5.41) is 3.67. The lowest BCUT2D eigenvalue weighted by molar-refractivity contribution is -0.151. The Kier molecular flexibility index (Phi) is 3.83. The summed E-state index contributed by atoms with van der Waals surface area (Å²) < 4.78 is 12.2. The lowest BCUT2D eigenvalue weighted by Crippen LogP contribution is -2.43. The average molecular weight is 309 g/mol. The molecule has 1 N–H and O–H groups in total. The SMILES string of the molecule is CC(C)c1ccc2c(c1)C1OCCOC1C(c1ccccc1)N2. The zero-order valence-corrected chi connectivity index (χ0v) is 13.7. The van der Waals surface area contributed by atoms with Crippen molar-refractivity contribution in [1.82, 2.24) is 0 Å². The van der Waals surface area contributed by atoms with E-state index in [1.807, 2.05) is 6.07 Å². The molecule has 3 heteroatoms. The van der Waals surface area contributed by atoms with Crippen molar-refractivity contribution < 1.29 is 9.47 Å². The fourth-order valence-electron chi connectivity index (χ4n) is 3.57. The van der Waals surface area contributed by atoms with Crippen molar-refractivity contribution in [3.63, 3.8) is 0 Å². The van der Waals surface area contributed by atoms with Crippen molar-refractivity contribution in [3.8, 4) is 0 Å². The van der Waals surface area contributed by atoms with Gasteiger partial charge in [-0.25, -0.2) is 0 Å². The number of ether oxygens (including phenoxy) is 2. The van der Waals surface area contributed by atoms with Crippen molar-refractivity contribution in [3.05, 3.63) is 65.2 Å². The van der Waals surface area contributed by atoms with Crippen LogP contribution in [0.1, 0.15) is 48.6 Å². The Morgan fingerprint density at radius 1 is 1.00 bits per heavy atom. The van der Waals surface area contributed by atoms with E-state index < -0.39 is 0 Å². The number of rotatable bonds is 2. The van der Waals surface area contributed by atoms with E-state index in [1.54, 1.807) is 0 Å². The van der Waals surface area contributed by atoms with Gasteiger partial charge in [-0.2, -0.15) is 0 Å². The van der Waals surface area contributed by atoms with Gasteiger partial charge in [0, 0.05) is 11.3 Å². The van der Waals surface area contributed by atoms with Gasteiger partial charge in [0.1, 0.15) is 12.2 Å². The summed E-state index contributed by atoms with van der Waals surface area (Å²) >= 11 is 0. The second-order valence-corrected chi connectivity index (χ2v) is 6.66. The number of anilines is 1. The molecule has 23 heavy (non-hydrogen) atoms. The Morgan fingerprint density at radius 3 is 2.57 bits per heavy atom. The zero-order chi connectivity index (χ0) is 15.8. The molecule has 1 saturated heterocycles. The summed E-state index contributed by atoms with van der Waals surface area (Å²) in [5.41, 5.74) is 4.98. The van der Waals surface area contributed by atoms with Crippen LogP contribution in [-0.2, 0) is 9.47 Å². The van der Waals surface area contributed by atoms with E-state index in [0.29, 0.717) is 19.1 Å². The summed E-state index contributed by atoms with van der Waals surface area (Å²) in [5.74, 6) is 0.509. The fraction of sp³-hybridized carbons (Fsp3) is 0.400. The monoisotopic (exact) mass is 309 g/mol. The van der Waals surface area contributed by atoms with E-state index in [2.05, 4.69) is 61.6 Å². The molecule has 0 amide bonds. The highest BCUT2D eigenvalue weighted by molar-refractivity contribution is 5.59. The quantitative estimate of drug-likeness (QED) is 0.890. The molecule has 3 atom stereocenters. The molecule has 2 aliphatic heterocycles. The molecule has 0 aliphatic carbocycles. The molecular weight excluding hydrogens is 286 g/mol. The lowest BCUT2D eigenvalue weighted by Gasteiger charge is -2.43. The van der Waals surface area contributed by atoms with E-state index >= 15 is 0 Å². The first-order valence-corrected chi connectivity index (χ1v) is 8.42. The third-order valence-corrected chi connectivity index (χ3v) is 4.84. The number of fused-ring (bicyclic) bond motifs is 3. The topological polar surface area (TPSA) is 30.5 Å². The summed E-state index contributed by atoms with van der Waals surface area (Å²) in [6.45, 7) is 5.76. The fourth-order valence-corrected chi connectivity index (χ4v) is 3.57. The Bertz CT molecular complexity index is 683.